The number of amides is 2. The molecule has 0 spiro atoms. The molecular formula is C22H23ClN2O2. The van der Waals surface area contributed by atoms with Gasteiger partial charge in [-0.2, -0.15) is 0 Å². The van der Waals surface area contributed by atoms with E-state index < -0.39 is 5.54 Å². The van der Waals surface area contributed by atoms with Crippen LogP contribution in [0.4, 0.5) is 0 Å². The van der Waals surface area contributed by atoms with E-state index in [4.69, 9.17) is 11.6 Å². The molecule has 2 aromatic carbocycles. The predicted octanol–water partition coefficient (Wildman–Crippen LogP) is 5.29. The predicted molar refractivity (Wildman–Crippen MR) is 110 cm³/mol. The van der Waals surface area contributed by atoms with Crippen molar-refractivity contribution in [2.45, 2.75) is 33.2 Å². The molecular weight excluding hydrogens is 360 g/mol. The lowest BCUT2D eigenvalue weighted by Gasteiger charge is -2.33. The molecule has 3 rings (SSSR count). The van der Waals surface area contributed by atoms with Gasteiger partial charge in [-0.05, 0) is 44.5 Å². The summed E-state index contributed by atoms with van der Waals surface area (Å²) in [6.45, 7) is 7.01. The molecule has 3 aromatic rings. The van der Waals surface area contributed by atoms with Gasteiger partial charge >= 0.3 is 0 Å². The van der Waals surface area contributed by atoms with Crippen molar-refractivity contribution in [2.75, 3.05) is 0 Å². The summed E-state index contributed by atoms with van der Waals surface area (Å²) in [4.78, 5) is 27.2. The van der Waals surface area contributed by atoms with Crippen LogP contribution in [0, 0.1) is 0 Å². The highest BCUT2D eigenvalue weighted by molar-refractivity contribution is 6.30. The first-order chi connectivity index (χ1) is 12.6. The van der Waals surface area contributed by atoms with Crippen molar-refractivity contribution in [3.63, 3.8) is 0 Å². The van der Waals surface area contributed by atoms with Crippen molar-refractivity contribution in [3.8, 4) is 11.3 Å². The second-order valence-electron chi connectivity index (χ2n) is 7.64. The van der Waals surface area contributed by atoms with E-state index in [0.29, 0.717) is 10.6 Å². The minimum atomic E-state index is -0.628. The molecule has 0 aliphatic heterocycles. The number of aromatic nitrogens is 1. The summed E-state index contributed by atoms with van der Waals surface area (Å²) < 4.78 is 1.99. The number of hydrogen-bond donors (Lipinski definition) is 0. The molecule has 4 nitrogen and oxygen atoms in total. The Labute approximate surface area is 164 Å². The van der Waals surface area contributed by atoms with E-state index in [1.54, 1.807) is 12.1 Å². The van der Waals surface area contributed by atoms with Crippen LogP contribution in [0.25, 0.3) is 22.2 Å². The molecule has 2 amide bonds. The van der Waals surface area contributed by atoms with Gasteiger partial charge in [-0.15, -0.1) is 0 Å². The van der Waals surface area contributed by atoms with Crippen LogP contribution in [0.15, 0.2) is 48.5 Å². The van der Waals surface area contributed by atoms with Crippen molar-refractivity contribution in [2.24, 2.45) is 7.05 Å². The van der Waals surface area contributed by atoms with Gasteiger partial charge in [0.15, 0.2) is 0 Å². The van der Waals surface area contributed by atoms with Gasteiger partial charge in [-0.25, -0.2) is 0 Å². The number of carbonyl (C=O) groups excluding carboxylic acids is 2. The highest BCUT2D eigenvalue weighted by Crippen LogP contribution is 2.35. The molecule has 0 atom stereocenters. The van der Waals surface area contributed by atoms with E-state index >= 15 is 0 Å². The lowest BCUT2D eigenvalue weighted by atomic mass is 10.00. The number of carbonyl (C=O) groups is 2. The van der Waals surface area contributed by atoms with Crippen molar-refractivity contribution < 1.29 is 9.59 Å². The Morgan fingerprint density at radius 1 is 1.00 bits per heavy atom. The SMILES string of the molecule is CC(=O)N(C(=O)c1c(-c2ccc(Cl)cc2)n(C)c2ccccc12)C(C)(C)C. The fraction of sp³-hybridized carbons (Fsp3) is 0.273. The minimum Gasteiger partial charge on any atom is -0.343 e. The summed E-state index contributed by atoms with van der Waals surface area (Å²) in [7, 11) is 1.93. The van der Waals surface area contributed by atoms with Crippen molar-refractivity contribution >= 4 is 34.3 Å². The third-order valence-corrected chi connectivity index (χ3v) is 4.88. The van der Waals surface area contributed by atoms with Gasteiger partial charge in [-0.1, -0.05) is 41.9 Å². The second-order valence-corrected chi connectivity index (χ2v) is 8.07. The Balaban J connectivity index is 2.34. The van der Waals surface area contributed by atoms with Gasteiger partial charge in [-0.3, -0.25) is 14.5 Å². The average Bonchev–Trinajstić information content (AvgIpc) is 2.87. The number of benzene rings is 2. The van der Waals surface area contributed by atoms with Crippen LogP contribution in [0.5, 0.6) is 0 Å². The monoisotopic (exact) mass is 382 g/mol. The van der Waals surface area contributed by atoms with Crippen molar-refractivity contribution in [1.82, 2.24) is 9.47 Å². The molecule has 0 aliphatic carbocycles. The fourth-order valence-electron chi connectivity index (χ4n) is 3.59. The molecule has 0 aliphatic rings. The summed E-state index contributed by atoms with van der Waals surface area (Å²) in [5.74, 6) is -0.570. The van der Waals surface area contributed by atoms with Crippen molar-refractivity contribution in [1.29, 1.82) is 0 Å². The van der Waals surface area contributed by atoms with Gasteiger partial charge in [0, 0.05) is 35.4 Å². The number of rotatable bonds is 2. The number of aryl methyl sites for hydroxylation is 1. The fourth-order valence-corrected chi connectivity index (χ4v) is 3.71. The molecule has 0 N–H and O–H groups in total. The van der Waals surface area contributed by atoms with Crippen LogP contribution in [-0.2, 0) is 11.8 Å². The summed E-state index contributed by atoms with van der Waals surface area (Å²) in [6, 6.07) is 15.1. The zero-order valence-electron chi connectivity index (χ0n) is 16.2. The first-order valence-electron chi connectivity index (χ1n) is 8.81. The largest absolute Gasteiger partial charge is 0.343 e. The third-order valence-electron chi connectivity index (χ3n) is 4.63. The highest BCUT2D eigenvalue weighted by atomic mass is 35.5. The van der Waals surface area contributed by atoms with E-state index in [2.05, 4.69) is 0 Å². The Hall–Kier alpha value is -2.59. The van der Waals surface area contributed by atoms with Crippen LogP contribution in [0.3, 0.4) is 0 Å². The normalized spacial score (nSPS) is 11.6. The van der Waals surface area contributed by atoms with E-state index in [9.17, 15) is 9.59 Å². The molecule has 5 heteroatoms. The van der Waals surface area contributed by atoms with E-state index in [1.807, 2.05) is 68.8 Å². The first-order valence-corrected chi connectivity index (χ1v) is 9.19. The summed E-state index contributed by atoms with van der Waals surface area (Å²) in [5.41, 5.74) is 2.48. The van der Waals surface area contributed by atoms with Crippen LogP contribution in [0.1, 0.15) is 38.1 Å². The molecule has 0 bridgehead atoms. The molecule has 0 fully saturated rings. The zero-order valence-corrected chi connectivity index (χ0v) is 17.0. The molecule has 1 aromatic heterocycles. The summed E-state index contributed by atoms with van der Waals surface area (Å²) in [6.07, 6.45) is 0. The minimum absolute atomic E-state index is 0.275. The first kappa shape index (κ1) is 19.2. The average molecular weight is 383 g/mol. The Morgan fingerprint density at radius 2 is 1.59 bits per heavy atom. The quantitative estimate of drug-likeness (QED) is 0.604. The van der Waals surface area contributed by atoms with Gasteiger partial charge < -0.3 is 4.57 Å². The summed E-state index contributed by atoms with van der Waals surface area (Å²) in [5, 5.41) is 1.45. The molecule has 0 saturated carbocycles. The Kier molecular flexibility index (Phi) is 4.87. The Morgan fingerprint density at radius 3 is 2.15 bits per heavy atom. The van der Waals surface area contributed by atoms with E-state index in [0.717, 1.165) is 22.2 Å². The van der Waals surface area contributed by atoms with Gasteiger partial charge in [0.2, 0.25) is 5.91 Å². The van der Waals surface area contributed by atoms with Crippen LogP contribution in [-0.4, -0.2) is 26.8 Å². The van der Waals surface area contributed by atoms with Crippen molar-refractivity contribution in [3.05, 3.63) is 59.1 Å². The molecule has 0 saturated heterocycles. The standard InChI is InChI=1S/C22H23ClN2O2/c1-14(26)25(22(2,3)4)21(27)19-17-8-6-7-9-18(17)24(5)20(19)15-10-12-16(23)13-11-15/h6-13H,1-5H3. The number of halogens is 1. The number of hydrogen-bond acceptors (Lipinski definition) is 2. The lowest BCUT2D eigenvalue weighted by molar-refractivity contribution is -0.129. The van der Waals surface area contributed by atoms with Crippen LogP contribution < -0.4 is 0 Å². The van der Waals surface area contributed by atoms with Crippen LogP contribution in [0.2, 0.25) is 5.02 Å². The topological polar surface area (TPSA) is 42.3 Å². The van der Waals surface area contributed by atoms with Crippen LogP contribution >= 0.6 is 11.6 Å². The summed E-state index contributed by atoms with van der Waals surface area (Å²) >= 11 is 6.05. The number of imide groups is 1. The van der Waals surface area contributed by atoms with Gasteiger partial charge in [0.05, 0.1) is 11.3 Å². The van der Waals surface area contributed by atoms with E-state index in [-0.39, 0.29) is 11.8 Å². The zero-order chi connectivity index (χ0) is 19.9. The van der Waals surface area contributed by atoms with Gasteiger partial charge in [0.25, 0.3) is 5.91 Å². The maximum atomic E-state index is 13.6. The maximum absolute atomic E-state index is 13.6. The maximum Gasteiger partial charge on any atom is 0.263 e. The molecule has 1 heterocycles. The highest BCUT2D eigenvalue weighted by Gasteiger charge is 2.34. The molecule has 0 radical (unpaired) electrons. The molecule has 140 valence electrons. The Bertz CT molecular complexity index is 1030. The number of fused-ring (bicyclic) bond motifs is 1. The second kappa shape index (κ2) is 6.86. The molecule has 0 unspecified atom stereocenters. The number of para-hydroxylation sites is 1. The van der Waals surface area contributed by atoms with Gasteiger partial charge in [0.1, 0.15) is 0 Å². The van der Waals surface area contributed by atoms with E-state index in [1.165, 1.54) is 11.8 Å². The lowest BCUT2D eigenvalue weighted by Crippen LogP contribution is -2.48. The smallest absolute Gasteiger partial charge is 0.263 e. The molecule has 27 heavy (non-hydrogen) atoms. The third kappa shape index (κ3) is 3.37. The number of nitrogens with zero attached hydrogens (tertiary/aromatic N) is 2.